The molecule has 0 amide bonds. The third kappa shape index (κ3) is 3.33. The summed E-state index contributed by atoms with van der Waals surface area (Å²) in [5, 5.41) is 14.5. The molecule has 2 rings (SSSR count). The second-order valence-corrected chi connectivity index (χ2v) is 5.03. The Balaban J connectivity index is 1.88. The third-order valence-corrected chi connectivity index (χ3v) is 3.63. The minimum Gasteiger partial charge on any atom is -0.391 e. The Morgan fingerprint density at radius 1 is 1.22 bits per heavy atom. The summed E-state index contributed by atoms with van der Waals surface area (Å²) in [6.07, 6.45) is 4.96. The summed E-state index contributed by atoms with van der Waals surface area (Å²) >= 11 is 0. The predicted octanol–water partition coefficient (Wildman–Crippen LogP) is 3.27. The first kappa shape index (κ1) is 13.1. The molecule has 1 fully saturated rings. The first-order valence-corrected chi connectivity index (χ1v) is 6.64. The number of hydrogen-bond donors (Lipinski definition) is 1. The lowest BCUT2D eigenvalue weighted by atomic mass is 9.82. The average Bonchev–Trinajstić information content (AvgIpc) is 2.41. The van der Waals surface area contributed by atoms with Crippen molar-refractivity contribution >= 4 is 5.71 Å². The van der Waals surface area contributed by atoms with Crippen molar-refractivity contribution in [3.8, 4) is 0 Å². The fourth-order valence-corrected chi connectivity index (χ4v) is 2.36. The molecule has 0 heterocycles. The second kappa shape index (κ2) is 6.01. The zero-order valence-corrected chi connectivity index (χ0v) is 10.9. The van der Waals surface area contributed by atoms with Crippen LogP contribution in [0.4, 0.5) is 0 Å². The first-order valence-electron chi connectivity index (χ1n) is 6.64. The van der Waals surface area contributed by atoms with Crippen LogP contribution in [0.3, 0.4) is 0 Å². The molecule has 1 aliphatic carbocycles. The fourth-order valence-electron chi connectivity index (χ4n) is 2.36. The molecule has 0 saturated heterocycles. The van der Waals surface area contributed by atoms with E-state index < -0.39 is 5.60 Å². The van der Waals surface area contributed by atoms with Crippen LogP contribution in [0.25, 0.3) is 0 Å². The summed E-state index contributed by atoms with van der Waals surface area (Å²) in [4.78, 5) is 5.33. The van der Waals surface area contributed by atoms with Crippen LogP contribution in [0.5, 0.6) is 0 Å². The van der Waals surface area contributed by atoms with E-state index in [0.717, 1.165) is 31.2 Å². The van der Waals surface area contributed by atoms with E-state index in [4.69, 9.17) is 4.84 Å². The summed E-state index contributed by atoms with van der Waals surface area (Å²) in [6.45, 7) is 2.31. The molecule has 1 aromatic carbocycles. The highest BCUT2D eigenvalue weighted by Gasteiger charge is 2.32. The van der Waals surface area contributed by atoms with Crippen LogP contribution in [-0.4, -0.2) is 16.4 Å². The minimum absolute atomic E-state index is 0.453. The molecule has 0 atom stereocenters. The maximum atomic E-state index is 10.4. The summed E-state index contributed by atoms with van der Waals surface area (Å²) in [6, 6.07) is 9.93. The summed E-state index contributed by atoms with van der Waals surface area (Å²) in [5.41, 5.74) is 1.05. The Bertz CT molecular complexity index is 394. The Morgan fingerprint density at radius 2 is 1.89 bits per heavy atom. The van der Waals surface area contributed by atoms with Gasteiger partial charge < -0.3 is 9.94 Å². The lowest BCUT2D eigenvalue weighted by Gasteiger charge is -2.31. The van der Waals surface area contributed by atoms with Crippen molar-refractivity contribution in [1.82, 2.24) is 0 Å². The van der Waals surface area contributed by atoms with Crippen LogP contribution in [0, 0.1) is 0 Å². The van der Waals surface area contributed by atoms with Gasteiger partial charge in [0.05, 0.1) is 5.71 Å². The van der Waals surface area contributed by atoms with Crippen LogP contribution in [0.15, 0.2) is 35.5 Å². The smallest absolute Gasteiger partial charge is 0.142 e. The van der Waals surface area contributed by atoms with Crippen molar-refractivity contribution in [3.63, 3.8) is 0 Å². The lowest BCUT2D eigenvalue weighted by molar-refractivity contribution is 0.0590. The molecule has 0 bridgehead atoms. The van der Waals surface area contributed by atoms with Gasteiger partial charge in [-0.25, -0.2) is 0 Å². The monoisotopic (exact) mass is 247 g/mol. The van der Waals surface area contributed by atoms with Gasteiger partial charge in [-0.2, -0.15) is 0 Å². The lowest BCUT2D eigenvalue weighted by Crippen LogP contribution is -2.39. The summed E-state index contributed by atoms with van der Waals surface area (Å²) in [5.74, 6) is 0. The molecule has 3 nitrogen and oxygen atoms in total. The molecule has 1 saturated carbocycles. The van der Waals surface area contributed by atoms with Crippen molar-refractivity contribution in [3.05, 3.63) is 35.9 Å². The third-order valence-electron chi connectivity index (χ3n) is 3.63. The van der Waals surface area contributed by atoms with E-state index in [1.807, 2.05) is 37.3 Å². The van der Waals surface area contributed by atoms with Gasteiger partial charge in [-0.05, 0) is 25.3 Å². The Hall–Kier alpha value is -1.35. The van der Waals surface area contributed by atoms with Gasteiger partial charge in [0, 0.05) is 0 Å². The van der Waals surface area contributed by atoms with E-state index in [-0.39, 0.29) is 0 Å². The molecule has 0 unspecified atom stereocenters. The largest absolute Gasteiger partial charge is 0.391 e. The molecular weight excluding hydrogens is 226 g/mol. The molecule has 0 aromatic heterocycles. The standard InChI is InChI=1S/C15H21NO2/c1-13(15(17)10-6-3-7-11-15)16-18-12-14-8-4-2-5-9-14/h2,4-5,8-9,17H,3,6-7,10-12H2,1H3. The van der Waals surface area contributed by atoms with Gasteiger partial charge in [0.25, 0.3) is 0 Å². The number of oxime groups is 1. The van der Waals surface area contributed by atoms with Crippen LogP contribution in [0.1, 0.15) is 44.6 Å². The Morgan fingerprint density at radius 3 is 2.56 bits per heavy atom. The topological polar surface area (TPSA) is 41.8 Å². The predicted molar refractivity (Wildman–Crippen MR) is 72.4 cm³/mol. The zero-order valence-electron chi connectivity index (χ0n) is 10.9. The molecule has 0 aliphatic heterocycles. The van der Waals surface area contributed by atoms with Crippen molar-refractivity contribution in [2.45, 2.75) is 51.2 Å². The molecule has 1 N–H and O–H groups in total. The van der Waals surface area contributed by atoms with Gasteiger partial charge >= 0.3 is 0 Å². The van der Waals surface area contributed by atoms with Gasteiger partial charge in [0.2, 0.25) is 0 Å². The van der Waals surface area contributed by atoms with Gasteiger partial charge in [0.15, 0.2) is 0 Å². The summed E-state index contributed by atoms with van der Waals surface area (Å²) in [7, 11) is 0. The first-order chi connectivity index (χ1) is 8.71. The van der Waals surface area contributed by atoms with E-state index in [0.29, 0.717) is 12.3 Å². The number of aliphatic hydroxyl groups is 1. The number of nitrogens with zero attached hydrogens (tertiary/aromatic N) is 1. The molecule has 0 radical (unpaired) electrons. The Labute approximate surface area is 108 Å². The van der Waals surface area contributed by atoms with E-state index in [2.05, 4.69) is 5.16 Å². The fraction of sp³-hybridized carbons (Fsp3) is 0.533. The highest BCUT2D eigenvalue weighted by Crippen LogP contribution is 2.29. The molecule has 98 valence electrons. The normalized spacial score (nSPS) is 19.6. The highest BCUT2D eigenvalue weighted by atomic mass is 16.6. The molecule has 3 heteroatoms. The van der Waals surface area contributed by atoms with Crippen molar-refractivity contribution in [2.75, 3.05) is 0 Å². The van der Waals surface area contributed by atoms with Gasteiger partial charge in [-0.15, -0.1) is 0 Å². The minimum atomic E-state index is -0.741. The SMILES string of the molecule is CC(=NOCc1ccccc1)C1(O)CCCCC1. The Kier molecular flexibility index (Phi) is 4.37. The zero-order chi connectivity index (χ0) is 12.8. The number of rotatable bonds is 4. The molecule has 0 spiro atoms. The van der Waals surface area contributed by atoms with Crippen LogP contribution in [0.2, 0.25) is 0 Å². The van der Waals surface area contributed by atoms with Crippen LogP contribution < -0.4 is 0 Å². The van der Waals surface area contributed by atoms with E-state index >= 15 is 0 Å². The molecule has 1 aromatic rings. The maximum absolute atomic E-state index is 10.4. The number of hydrogen-bond acceptors (Lipinski definition) is 3. The van der Waals surface area contributed by atoms with Crippen molar-refractivity contribution < 1.29 is 9.94 Å². The molecule has 18 heavy (non-hydrogen) atoms. The van der Waals surface area contributed by atoms with E-state index in [1.165, 1.54) is 6.42 Å². The van der Waals surface area contributed by atoms with Crippen LogP contribution >= 0.6 is 0 Å². The van der Waals surface area contributed by atoms with Gasteiger partial charge in [-0.3, -0.25) is 0 Å². The molecular formula is C15H21NO2. The van der Waals surface area contributed by atoms with Gasteiger partial charge in [-0.1, -0.05) is 54.8 Å². The van der Waals surface area contributed by atoms with E-state index in [1.54, 1.807) is 0 Å². The maximum Gasteiger partial charge on any atom is 0.142 e. The van der Waals surface area contributed by atoms with Crippen molar-refractivity contribution in [1.29, 1.82) is 0 Å². The second-order valence-electron chi connectivity index (χ2n) is 5.03. The molecule has 1 aliphatic rings. The van der Waals surface area contributed by atoms with Crippen LogP contribution in [-0.2, 0) is 11.4 Å². The quantitative estimate of drug-likeness (QED) is 0.655. The highest BCUT2D eigenvalue weighted by molar-refractivity contribution is 5.89. The van der Waals surface area contributed by atoms with E-state index in [9.17, 15) is 5.11 Å². The number of benzene rings is 1. The average molecular weight is 247 g/mol. The van der Waals surface area contributed by atoms with Crippen molar-refractivity contribution in [2.24, 2.45) is 5.16 Å². The van der Waals surface area contributed by atoms with Gasteiger partial charge in [0.1, 0.15) is 12.2 Å². The summed E-state index contributed by atoms with van der Waals surface area (Å²) < 4.78 is 0.